The first-order valence-electron chi connectivity index (χ1n) is 28.9. The molecule has 0 aliphatic rings. The zero-order chi connectivity index (χ0) is 57.2. The van der Waals surface area contributed by atoms with Crippen molar-refractivity contribution in [2.75, 3.05) is 13.6 Å². The minimum Gasteiger partial charge on any atom is -0.356 e. The van der Waals surface area contributed by atoms with Crippen molar-refractivity contribution in [3.63, 3.8) is 0 Å². The SMILES string of the molecule is C/C=C(/c1ccccc1)C(Cc1ccccc1)(CN(C)C(=NC(=N)c1ccc2c(c1)sc1ccccc12)c1ccc2c(c1)sc1ccccc12)n1c2c(-c3ccccc3)cc(C(C)(C)C)cc2c2cc(C(C)(C)C)cc(-c3ccccc3)c21. The van der Waals surface area contributed by atoms with Crippen molar-refractivity contribution < 1.29 is 0 Å². The van der Waals surface area contributed by atoms with Crippen LogP contribution in [0.5, 0.6) is 0 Å². The highest BCUT2D eigenvalue weighted by Gasteiger charge is 2.43. The van der Waals surface area contributed by atoms with Crippen LogP contribution in [-0.4, -0.2) is 34.7 Å². The molecular weight excluding hydrogens is 1050 g/mol. The van der Waals surface area contributed by atoms with Gasteiger partial charge in [0.2, 0.25) is 0 Å². The quantitative estimate of drug-likeness (QED) is 0.102. The van der Waals surface area contributed by atoms with Crippen molar-refractivity contribution in [1.82, 2.24) is 9.47 Å². The van der Waals surface area contributed by atoms with Crippen molar-refractivity contribution in [3.05, 3.63) is 270 Å². The fourth-order valence-electron chi connectivity index (χ4n) is 12.8. The summed E-state index contributed by atoms with van der Waals surface area (Å²) in [5, 5.41) is 17.5. The number of nitrogens with one attached hydrogen (secondary N) is 1. The predicted octanol–water partition coefficient (Wildman–Crippen LogP) is 20.9. The van der Waals surface area contributed by atoms with Crippen LogP contribution in [-0.2, 0) is 22.8 Å². The van der Waals surface area contributed by atoms with E-state index < -0.39 is 5.54 Å². The second kappa shape index (κ2) is 21.3. The fourth-order valence-corrected chi connectivity index (χ4v) is 15.0. The number of hydrogen-bond donors (Lipinski definition) is 1. The molecule has 0 saturated carbocycles. The summed E-state index contributed by atoms with van der Waals surface area (Å²) >= 11 is 3.58. The highest BCUT2D eigenvalue weighted by Crippen LogP contribution is 2.51. The molecule has 0 amide bonds. The molecule has 0 spiro atoms. The van der Waals surface area contributed by atoms with Gasteiger partial charge < -0.3 is 9.47 Å². The van der Waals surface area contributed by atoms with E-state index >= 15 is 0 Å². The van der Waals surface area contributed by atoms with Crippen molar-refractivity contribution in [3.8, 4) is 22.3 Å². The van der Waals surface area contributed by atoms with Gasteiger partial charge in [0.25, 0.3) is 0 Å². The monoisotopic (exact) mass is 1110 g/mol. The Morgan fingerprint density at radius 1 is 0.470 bits per heavy atom. The van der Waals surface area contributed by atoms with E-state index in [2.05, 4.69) is 302 Å². The smallest absolute Gasteiger partial charge is 0.154 e. The normalized spacial score (nSPS) is 13.4. The Kier molecular flexibility index (Phi) is 13.7. The molecule has 1 N–H and O–H groups in total. The van der Waals surface area contributed by atoms with Crippen LogP contribution in [0.3, 0.4) is 0 Å². The number of rotatable bonds is 11. The van der Waals surface area contributed by atoms with E-state index in [1.165, 1.54) is 90.8 Å². The second-order valence-electron chi connectivity index (χ2n) is 24.4. The molecule has 13 rings (SSSR count). The minimum atomic E-state index is -0.883. The fraction of sp³-hybridized carbons (Fsp3) is 0.169. The molecule has 0 fully saturated rings. The molecule has 0 bridgehead atoms. The van der Waals surface area contributed by atoms with E-state index in [-0.39, 0.29) is 16.7 Å². The maximum absolute atomic E-state index is 10.1. The number of aromatic nitrogens is 1. The Morgan fingerprint density at radius 3 is 1.40 bits per heavy atom. The number of nitrogens with zero attached hydrogens (tertiary/aromatic N) is 3. The molecule has 1 unspecified atom stereocenters. The third-order valence-corrected chi connectivity index (χ3v) is 19.1. The lowest BCUT2D eigenvalue weighted by atomic mass is 9.77. The number of allylic oxidation sites excluding steroid dienone is 1. The van der Waals surface area contributed by atoms with E-state index in [1.807, 2.05) is 11.3 Å². The highest BCUT2D eigenvalue weighted by atomic mass is 32.1. The van der Waals surface area contributed by atoms with Crippen molar-refractivity contribution in [2.24, 2.45) is 4.99 Å². The summed E-state index contributed by atoms with van der Waals surface area (Å²) in [5.41, 5.74) is 13.7. The summed E-state index contributed by atoms with van der Waals surface area (Å²) in [4.78, 5) is 7.99. The van der Waals surface area contributed by atoms with E-state index in [1.54, 1.807) is 11.3 Å². The summed E-state index contributed by atoms with van der Waals surface area (Å²) in [6.07, 6.45) is 3.00. The lowest BCUT2D eigenvalue weighted by Crippen LogP contribution is -2.49. The van der Waals surface area contributed by atoms with Crippen molar-refractivity contribution >= 4 is 102 Å². The molecule has 0 aliphatic heterocycles. The van der Waals surface area contributed by atoms with Crippen molar-refractivity contribution in [2.45, 2.75) is 71.3 Å². The predicted molar refractivity (Wildman–Crippen MR) is 361 cm³/mol. The Hall–Kier alpha value is -8.68. The number of fused-ring (bicyclic) bond motifs is 9. The third kappa shape index (κ3) is 9.78. The second-order valence-corrected chi connectivity index (χ2v) is 26.6. The van der Waals surface area contributed by atoms with Gasteiger partial charge in [-0.05, 0) is 105 Å². The Bertz CT molecular complexity index is 4550. The van der Waals surface area contributed by atoms with Gasteiger partial charge in [0.05, 0.1) is 16.6 Å². The summed E-state index contributed by atoms with van der Waals surface area (Å²) in [5.74, 6) is 0.939. The zero-order valence-corrected chi connectivity index (χ0v) is 50.2. The summed E-state index contributed by atoms with van der Waals surface area (Å²) in [6, 6.07) is 84.8. The lowest BCUT2D eigenvalue weighted by molar-refractivity contribution is 0.311. The Morgan fingerprint density at radius 2 is 0.904 bits per heavy atom. The molecule has 0 saturated heterocycles. The average molecular weight is 1110 g/mol. The van der Waals surface area contributed by atoms with Crippen LogP contribution in [0, 0.1) is 5.41 Å². The first-order valence-corrected chi connectivity index (χ1v) is 30.6. The molecule has 10 aromatic carbocycles. The van der Waals surface area contributed by atoms with E-state index in [0.717, 1.165) is 38.4 Å². The minimum absolute atomic E-state index is 0.164. The Labute approximate surface area is 495 Å². The molecule has 3 heterocycles. The van der Waals surface area contributed by atoms with Gasteiger partial charge in [0, 0.05) is 93.4 Å². The number of hydrogen-bond acceptors (Lipinski definition) is 3. The zero-order valence-electron chi connectivity index (χ0n) is 48.6. The van der Waals surface area contributed by atoms with Gasteiger partial charge in [-0.25, -0.2) is 4.99 Å². The molecule has 4 nitrogen and oxygen atoms in total. The topological polar surface area (TPSA) is 44.4 Å². The number of thiophene rings is 2. The van der Waals surface area contributed by atoms with Crippen LogP contribution >= 0.6 is 22.7 Å². The molecule has 0 radical (unpaired) electrons. The molecular formula is C77H68N4S2. The molecule has 0 aliphatic carbocycles. The molecule has 13 aromatic rings. The van der Waals surface area contributed by atoms with E-state index in [9.17, 15) is 5.41 Å². The number of benzene rings is 10. The molecule has 6 heteroatoms. The summed E-state index contributed by atoms with van der Waals surface area (Å²) < 4.78 is 7.60. The van der Waals surface area contributed by atoms with Crippen LogP contribution in [0.2, 0.25) is 0 Å². The first kappa shape index (κ1) is 53.6. The molecule has 408 valence electrons. The standard InChI is InChI=1S/C77H68N4S2/c1-9-66(53-32-20-13-21-33-53)77(48-50-26-14-10-15-27-50,81-71-62(51-28-16-11-17-29-51)44-56(75(2,3)4)46-64(71)65-47-57(76(5,6)7)45-63(72(65)81)52-30-18-12-19-31-52)49-80(8)74(55-39-41-61-59-35-23-25-37-68(59)83-70(61)43-55)79-73(78)54-38-40-60-58-34-22-24-36-67(58)82-69(60)42-54/h9-47,78H,48-49H2,1-8H3/b66-9-,78-73?,79-74?. The maximum Gasteiger partial charge on any atom is 0.154 e. The molecule has 83 heavy (non-hydrogen) atoms. The molecule has 3 aromatic heterocycles. The summed E-state index contributed by atoms with van der Waals surface area (Å²) in [6.45, 7) is 16.7. The highest BCUT2D eigenvalue weighted by molar-refractivity contribution is 7.26. The Balaban J connectivity index is 1.16. The van der Waals surface area contributed by atoms with Gasteiger partial charge in [0.1, 0.15) is 5.84 Å². The van der Waals surface area contributed by atoms with Crippen LogP contribution < -0.4 is 0 Å². The van der Waals surface area contributed by atoms with Crippen LogP contribution in [0.15, 0.2) is 242 Å². The van der Waals surface area contributed by atoms with E-state index in [0.29, 0.717) is 13.0 Å². The summed E-state index contributed by atoms with van der Waals surface area (Å²) in [7, 11) is 2.22. The third-order valence-electron chi connectivity index (χ3n) is 16.9. The molecule has 1 atom stereocenters. The van der Waals surface area contributed by atoms with Gasteiger partial charge in [-0.2, -0.15) is 0 Å². The number of amidine groups is 2. The maximum atomic E-state index is 10.1. The van der Waals surface area contributed by atoms with Crippen molar-refractivity contribution in [1.29, 1.82) is 5.41 Å². The van der Waals surface area contributed by atoms with Gasteiger partial charge in [-0.15, -0.1) is 22.7 Å². The van der Waals surface area contributed by atoms with Crippen LogP contribution in [0.1, 0.15) is 81.8 Å². The largest absolute Gasteiger partial charge is 0.356 e. The number of likely N-dealkylation sites (N-methyl/N-ethyl adjacent to an activating group) is 1. The lowest BCUT2D eigenvalue weighted by Gasteiger charge is -2.44. The van der Waals surface area contributed by atoms with Gasteiger partial charge in [0.15, 0.2) is 5.84 Å². The average Bonchev–Trinajstić information content (AvgIpc) is 1.71. The van der Waals surface area contributed by atoms with Gasteiger partial charge >= 0.3 is 0 Å². The van der Waals surface area contributed by atoms with Gasteiger partial charge in [-0.1, -0.05) is 230 Å². The number of aliphatic imine (C=N–C) groups is 1. The first-order chi connectivity index (χ1) is 40.2. The van der Waals surface area contributed by atoms with Gasteiger partial charge in [-0.3, -0.25) is 5.41 Å². The van der Waals surface area contributed by atoms with E-state index in [4.69, 9.17) is 4.99 Å². The van der Waals surface area contributed by atoms with Crippen LogP contribution in [0.25, 0.3) is 90.0 Å². The van der Waals surface area contributed by atoms with Crippen LogP contribution in [0.4, 0.5) is 0 Å².